The monoisotopic (exact) mass is 463 g/mol. The zero-order chi connectivity index (χ0) is 22.8. The van der Waals surface area contributed by atoms with Gasteiger partial charge in [-0.05, 0) is 17.5 Å². The van der Waals surface area contributed by atoms with Crippen LogP contribution in [0.1, 0.15) is 0 Å². The van der Waals surface area contributed by atoms with Crippen molar-refractivity contribution in [2.24, 2.45) is 0 Å². The summed E-state index contributed by atoms with van der Waals surface area (Å²) in [5.74, 6) is -0.0379. The molecule has 0 amide bonds. The van der Waals surface area contributed by atoms with Crippen molar-refractivity contribution in [3.05, 3.63) is 54.7 Å². The molecule has 1 atom stereocenters. The Morgan fingerprint density at radius 1 is 1.27 bits per heavy atom. The number of carbonyl (C=O) groups excluding carboxylic acids is 1. The van der Waals surface area contributed by atoms with Crippen molar-refractivity contribution in [3.63, 3.8) is 0 Å². The fraction of sp³-hybridized carbons (Fsp3) is 0.217. The zero-order valence-electron chi connectivity index (χ0n) is 17.7. The van der Waals surface area contributed by atoms with Gasteiger partial charge < -0.3 is 15.8 Å². The average molecular weight is 464 g/mol. The number of nitrogens with zero attached hydrogens (tertiary/aromatic N) is 4. The quantitative estimate of drug-likeness (QED) is 0.284. The largest absolute Gasteiger partial charge is 0.397 e. The molecule has 168 valence electrons. The molecule has 4 N–H and O–H groups in total. The molecule has 5 rings (SSSR count). The first-order chi connectivity index (χ1) is 16.1. The number of fused-ring (bicyclic) bond motifs is 1. The number of halogens is 1. The minimum absolute atomic E-state index is 0.227. The average Bonchev–Trinajstić information content (AvgIpc) is 3.47. The molecule has 1 saturated heterocycles. The predicted octanol–water partition coefficient (Wildman–Crippen LogP) is 2.98. The number of aromatic nitrogens is 3. The maximum absolute atomic E-state index is 13.8. The lowest BCUT2D eigenvalue weighted by Gasteiger charge is -2.19. The highest BCUT2D eigenvalue weighted by Crippen LogP contribution is 2.40. The molecule has 3 aromatic heterocycles. The molecule has 1 aliphatic rings. The van der Waals surface area contributed by atoms with Gasteiger partial charge in [0.2, 0.25) is 11.9 Å². The number of hydrogen-bond acceptors (Lipinski definition) is 9. The zero-order valence-corrected chi connectivity index (χ0v) is 18.5. The lowest BCUT2D eigenvalue weighted by Crippen LogP contribution is -2.39. The van der Waals surface area contributed by atoms with E-state index in [0.717, 1.165) is 45.6 Å². The van der Waals surface area contributed by atoms with Gasteiger partial charge in [-0.15, -0.1) is 11.3 Å². The molecule has 1 aliphatic heterocycles. The highest BCUT2D eigenvalue weighted by Gasteiger charge is 2.22. The van der Waals surface area contributed by atoms with E-state index >= 15 is 0 Å². The number of thiophene rings is 1. The van der Waals surface area contributed by atoms with Crippen LogP contribution >= 0.6 is 11.3 Å². The van der Waals surface area contributed by atoms with Crippen LogP contribution in [0, 0.1) is 5.95 Å². The summed E-state index contributed by atoms with van der Waals surface area (Å²) >= 11 is 1.57. The van der Waals surface area contributed by atoms with Crippen molar-refractivity contribution in [2.45, 2.75) is 6.17 Å². The molecule has 1 fully saturated rings. The van der Waals surface area contributed by atoms with E-state index in [0.29, 0.717) is 30.3 Å². The van der Waals surface area contributed by atoms with Crippen LogP contribution in [0.25, 0.3) is 31.8 Å². The number of nitrogens with two attached hydrogens (primary N) is 1. The fourth-order valence-electron chi connectivity index (χ4n) is 3.98. The Hall–Kier alpha value is -3.47. The molecule has 33 heavy (non-hydrogen) atoms. The summed E-state index contributed by atoms with van der Waals surface area (Å²) in [5.41, 5.74) is 8.78. The van der Waals surface area contributed by atoms with Gasteiger partial charge in [0.25, 0.3) is 0 Å². The molecule has 4 aromatic rings. The molecule has 0 bridgehead atoms. The van der Waals surface area contributed by atoms with Crippen molar-refractivity contribution in [2.75, 3.05) is 37.2 Å². The summed E-state index contributed by atoms with van der Waals surface area (Å²) in [4.78, 5) is 26.8. The molecular formula is C23H22FN7OS. The van der Waals surface area contributed by atoms with Crippen LogP contribution in [-0.2, 0) is 4.79 Å². The third kappa shape index (κ3) is 4.40. The highest BCUT2D eigenvalue weighted by molar-refractivity contribution is 7.22. The molecule has 0 radical (unpaired) electrons. The van der Waals surface area contributed by atoms with E-state index in [9.17, 15) is 9.18 Å². The SMILES string of the molecule is Nc1cnc(F)cc1-c1cccc2cc(-c3ccnc(NCCN4CCNC4C=O)n3)sc12. The Kier molecular flexibility index (Phi) is 5.95. The number of nitrogens with one attached hydrogen (secondary N) is 2. The second-order valence-electron chi connectivity index (χ2n) is 7.69. The van der Waals surface area contributed by atoms with Gasteiger partial charge in [-0.1, -0.05) is 18.2 Å². The lowest BCUT2D eigenvalue weighted by molar-refractivity contribution is -0.112. The van der Waals surface area contributed by atoms with Crippen LogP contribution in [0.4, 0.5) is 16.0 Å². The van der Waals surface area contributed by atoms with Gasteiger partial charge in [-0.3, -0.25) is 10.2 Å². The van der Waals surface area contributed by atoms with Crippen molar-refractivity contribution < 1.29 is 9.18 Å². The summed E-state index contributed by atoms with van der Waals surface area (Å²) < 4.78 is 14.8. The van der Waals surface area contributed by atoms with E-state index in [1.54, 1.807) is 17.5 Å². The van der Waals surface area contributed by atoms with E-state index < -0.39 is 5.95 Å². The van der Waals surface area contributed by atoms with Gasteiger partial charge in [0, 0.05) is 54.3 Å². The second kappa shape index (κ2) is 9.18. The maximum Gasteiger partial charge on any atom is 0.223 e. The van der Waals surface area contributed by atoms with Crippen LogP contribution in [0.5, 0.6) is 0 Å². The molecule has 1 aromatic carbocycles. The third-order valence-corrected chi connectivity index (χ3v) is 6.81. The van der Waals surface area contributed by atoms with Gasteiger partial charge in [0.15, 0.2) is 6.29 Å². The summed E-state index contributed by atoms with van der Waals surface area (Å²) in [6.45, 7) is 2.97. The van der Waals surface area contributed by atoms with E-state index in [-0.39, 0.29) is 6.17 Å². The van der Waals surface area contributed by atoms with Gasteiger partial charge >= 0.3 is 0 Å². The van der Waals surface area contributed by atoms with Crippen molar-refractivity contribution >= 4 is 39.3 Å². The van der Waals surface area contributed by atoms with Gasteiger partial charge in [-0.2, -0.15) is 4.39 Å². The van der Waals surface area contributed by atoms with Gasteiger partial charge in [0.1, 0.15) is 6.17 Å². The number of nitrogen functional groups attached to an aromatic ring is 1. The summed E-state index contributed by atoms with van der Waals surface area (Å²) in [6.07, 6.45) is 3.76. The minimum Gasteiger partial charge on any atom is -0.397 e. The van der Waals surface area contributed by atoms with E-state index in [4.69, 9.17) is 5.73 Å². The highest BCUT2D eigenvalue weighted by atomic mass is 32.1. The summed E-state index contributed by atoms with van der Waals surface area (Å²) in [5, 5.41) is 7.41. The Morgan fingerprint density at radius 3 is 3.06 bits per heavy atom. The maximum atomic E-state index is 13.8. The van der Waals surface area contributed by atoms with Crippen LogP contribution in [-0.4, -0.2) is 58.5 Å². The fourth-order valence-corrected chi connectivity index (χ4v) is 5.13. The van der Waals surface area contributed by atoms with Gasteiger partial charge in [-0.25, -0.2) is 15.0 Å². The molecule has 0 saturated carbocycles. The first-order valence-corrected chi connectivity index (χ1v) is 11.4. The number of aldehydes is 1. The molecule has 1 unspecified atom stereocenters. The van der Waals surface area contributed by atoms with Gasteiger partial charge in [0.05, 0.1) is 22.5 Å². The van der Waals surface area contributed by atoms with Crippen LogP contribution in [0.3, 0.4) is 0 Å². The first-order valence-electron chi connectivity index (χ1n) is 10.6. The smallest absolute Gasteiger partial charge is 0.223 e. The van der Waals surface area contributed by atoms with E-state index in [1.807, 2.05) is 24.3 Å². The number of benzene rings is 1. The standard InChI is InChI=1S/C23H22FN7OS/c24-20-11-16(17(25)12-29-20)15-3-1-2-14-10-19(33-22(14)15)18-4-5-27-23(30-18)28-7-9-31-8-6-26-21(31)13-32/h1-5,10-13,21,26H,6-9,25H2,(H,27,28,30). The molecule has 0 spiro atoms. The predicted molar refractivity (Wildman–Crippen MR) is 128 cm³/mol. The number of hydrogen-bond donors (Lipinski definition) is 3. The Balaban J connectivity index is 1.38. The molecule has 0 aliphatic carbocycles. The van der Waals surface area contributed by atoms with E-state index in [2.05, 4.69) is 36.6 Å². The Bertz CT molecular complexity index is 1310. The first kappa shape index (κ1) is 21.4. The number of anilines is 2. The normalized spacial score (nSPS) is 16.3. The number of rotatable bonds is 7. The Morgan fingerprint density at radius 2 is 2.18 bits per heavy atom. The Labute approximate surface area is 193 Å². The van der Waals surface area contributed by atoms with E-state index in [1.165, 1.54) is 12.3 Å². The minimum atomic E-state index is -0.566. The van der Waals surface area contributed by atoms with Crippen molar-refractivity contribution in [3.8, 4) is 21.7 Å². The van der Waals surface area contributed by atoms with Crippen molar-refractivity contribution in [1.82, 2.24) is 25.2 Å². The number of carbonyl (C=O) groups is 1. The van der Waals surface area contributed by atoms with Crippen LogP contribution < -0.4 is 16.4 Å². The summed E-state index contributed by atoms with van der Waals surface area (Å²) in [7, 11) is 0. The van der Waals surface area contributed by atoms with Crippen LogP contribution in [0.2, 0.25) is 0 Å². The summed E-state index contributed by atoms with van der Waals surface area (Å²) in [6, 6.07) is 11.2. The number of pyridine rings is 1. The molecule has 10 heteroatoms. The molecular weight excluding hydrogens is 441 g/mol. The second-order valence-corrected chi connectivity index (χ2v) is 8.74. The lowest BCUT2D eigenvalue weighted by atomic mass is 10.0. The third-order valence-electron chi connectivity index (χ3n) is 5.60. The van der Waals surface area contributed by atoms with Crippen molar-refractivity contribution in [1.29, 1.82) is 0 Å². The molecule has 8 nitrogen and oxygen atoms in total. The molecule has 4 heterocycles. The van der Waals surface area contributed by atoms with Crippen LogP contribution in [0.15, 0.2) is 48.8 Å². The topological polar surface area (TPSA) is 109 Å².